The molecule has 0 bridgehead atoms. The fourth-order valence-electron chi connectivity index (χ4n) is 3.04. The maximum atomic E-state index is 5.98. The summed E-state index contributed by atoms with van der Waals surface area (Å²) < 4.78 is 5.98. The van der Waals surface area contributed by atoms with Gasteiger partial charge < -0.3 is 4.74 Å². The molecule has 0 heterocycles. The largest absolute Gasteiger partial charge is 0.457 e. The van der Waals surface area contributed by atoms with Gasteiger partial charge in [-0.3, -0.25) is 4.90 Å². The molecule has 3 aromatic rings. The molecule has 0 N–H and O–H groups in total. The maximum Gasteiger partial charge on any atom is 0.127 e. The van der Waals surface area contributed by atoms with Crippen molar-refractivity contribution in [1.82, 2.24) is 4.90 Å². The van der Waals surface area contributed by atoms with Crippen molar-refractivity contribution in [1.29, 1.82) is 0 Å². The van der Waals surface area contributed by atoms with Crippen LogP contribution in [0.25, 0.3) is 0 Å². The van der Waals surface area contributed by atoms with E-state index in [1.165, 1.54) is 24.0 Å². The number of unbranched alkanes of at least 4 members (excludes halogenated alkanes) is 1. The van der Waals surface area contributed by atoms with Crippen molar-refractivity contribution in [3.8, 4) is 11.5 Å². The van der Waals surface area contributed by atoms with E-state index in [2.05, 4.69) is 60.4 Å². The molecular formula is C24H26ClNO. The number of rotatable bonds is 9. The molecule has 0 aromatic heterocycles. The van der Waals surface area contributed by atoms with Crippen LogP contribution < -0.4 is 4.74 Å². The fraction of sp³-hybridized carbons (Fsp3) is 0.250. The highest BCUT2D eigenvalue weighted by molar-refractivity contribution is 6.30. The Hall–Kier alpha value is -2.29. The quantitative estimate of drug-likeness (QED) is 0.399. The molecule has 3 heteroatoms. The van der Waals surface area contributed by atoms with Crippen molar-refractivity contribution in [3.05, 3.63) is 95.0 Å². The van der Waals surface area contributed by atoms with Gasteiger partial charge >= 0.3 is 0 Å². The predicted octanol–water partition coefficient (Wildman–Crippen LogP) is 6.93. The van der Waals surface area contributed by atoms with Crippen LogP contribution in [-0.2, 0) is 13.1 Å². The van der Waals surface area contributed by atoms with Gasteiger partial charge in [0.15, 0.2) is 0 Å². The first kappa shape index (κ1) is 19.5. The molecule has 27 heavy (non-hydrogen) atoms. The van der Waals surface area contributed by atoms with E-state index >= 15 is 0 Å². The lowest BCUT2D eigenvalue weighted by atomic mass is 10.1. The molecule has 0 spiro atoms. The minimum atomic E-state index is 0.712. The SMILES string of the molecule is CCCCN(Cc1ccccc1)Cc1cccc(Oc2ccc(Cl)cc2)c1. The third kappa shape index (κ3) is 6.42. The van der Waals surface area contributed by atoms with Gasteiger partial charge in [0.25, 0.3) is 0 Å². The summed E-state index contributed by atoms with van der Waals surface area (Å²) in [5.41, 5.74) is 2.61. The Morgan fingerprint density at radius 1 is 0.778 bits per heavy atom. The molecule has 0 amide bonds. The van der Waals surface area contributed by atoms with E-state index in [0.717, 1.165) is 31.1 Å². The summed E-state index contributed by atoms with van der Waals surface area (Å²) in [6.45, 7) is 5.20. The molecule has 0 aliphatic rings. The molecule has 0 fully saturated rings. The standard InChI is InChI=1S/C24H26ClNO/c1-2-3-16-26(18-20-8-5-4-6-9-20)19-21-10-7-11-24(17-21)27-23-14-12-22(25)13-15-23/h4-15,17H,2-3,16,18-19H2,1H3. The van der Waals surface area contributed by atoms with Crippen molar-refractivity contribution in [2.75, 3.05) is 6.54 Å². The van der Waals surface area contributed by atoms with Gasteiger partial charge in [-0.15, -0.1) is 0 Å². The van der Waals surface area contributed by atoms with Gasteiger partial charge in [-0.25, -0.2) is 0 Å². The third-order valence-corrected chi connectivity index (χ3v) is 4.68. The topological polar surface area (TPSA) is 12.5 Å². The second-order valence-electron chi connectivity index (χ2n) is 6.75. The first-order valence-electron chi connectivity index (χ1n) is 9.51. The van der Waals surface area contributed by atoms with Crippen molar-refractivity contribution in [3.63, 3.8) is 0 Å². The molecular weight excluding hydrogens is 354 g/mol. The molecule has 0 aliphatic carbocycles. The van der Waals surface area contributed by atoms with Gasteiger partial charge in [0.05, 0.1) is 0 Å². The zero-order valence-corrected chi connectivity index (χ0v) is 16.5. The Balaban J connectivity index is 1.68. The van der Waals surface area contributed by atoms with Crippen LogP contribution >= 0.6 is 11.6 Å². The van der Waals surface area contributed by atoms with Gasteiger partial charge in [-0.2, -0.15) is 0 Å². The highest BCUT2D eigenvalue weighted by atomic mass is 35.5. The van der Waals surface area contributed by atoms with Gasteiger partial charge in [-0.1, -0.05) is 67.4 Å². The Kier molecular flexibility index (Phi) is 7.32. The molecule has 0 unspecified atom stereocenters. The van der Waals surface area contributed by atoms with E-state index < -0.39 is 0 Å². The van der Waals surface area contributed by atoms with Crippen LogP contribution in [-0.4, -0.2) is 11.4 Å². The number of hydrogen-bond acceptors (Lipinski definition) is 2. The van der Waals surface area contributed by atoms with Crippen molar-refractivity contribution < 1.29 is 4.74 Å². The third-order valence-electron chi connectivity index (χ3n) is 4.43. The predicted molar refractivity (Wildman–Crippen MR) is 113 cm³/mol. The summed E-state index contributed by atoms with van der Waals surface area (Å²) in [5, 5.41) is 0.712. The molecule has 140 valence electrons. The van der Waals surface area contributed by atoms with Crippen LogP contribution in [0.5, 0.6) is 11.5 Å². The van der Waals surface area contributed by atoms with Crippen molar-refractivity contribution in [2.45, 2.75) is 32.9 Å². The molecule has 2 nitrogen and oxygen atoms in total. The number of ether oxygens (including phenoxy) is 1. The maximum absolute atomic E-state index is 5.98. The van der Waals surface area contributed by atoms with Crippen LogP contribution in [0.15, 0.2) is 78.9 Å². The first-order valence-corrected chi connectivity index (χ1v) is 9.89. The Labute approximate surface area is 167 Å². The summed E-state index contributed by atoms with van der Waals surface area (Å²) in [6.07, 6.45) is 2.40. The zero-order valence-electron chi connectivity index (χ0n) is 15.8. The van der Waals surface area contributed by atoms with E-state index in [4.69, 9.17) is 16.3 Å². The monoisotopic (exact) mass is 379 g/mol. The lowest BCUT2D eigenvalue weighted by Crippen LogP contribution is -2.24. The minimum Gasteiger partial charge on any atom is -0.457 e. The highest BCUT2D eigenvalue weighted by Gasteiger charge is 2.08. The summed E-state index contributed by atoms with van der Waals surface area (Å²) in [4.78, 5) is 2.50. The average Bonchev–Trinajstić information content (AvgIpc) is 2.69. The van der Waals surface area contributed by atoms with E-state index in [1.54, 1.807) is 0 Å². The van der Waals surface area contributed by atoms with Gasteiger partial charge in [-0.05, 0) is 60.5 Å². The Morgan fingerprint density at radius 3 is 2.22 bits per heavy atom. The van der Waals surface area contributed by atoms with E-state index in [0.29, 0.717) is 5.02 Å². The van der Waals surface area contributed by atoms with Crippen LogP contribution in [0, 0.1) is 0 Å². The zero-order chi connectivity index (χ0) is 18.9. The molecule has 0 radical (unpaired) electrons. The van der Waals surface area contributed by atoms with Crippen LogP contribution in [0.3, 0.4) is 0 Å². The summed E-state index contributed by atoms with van der Waals surface area (Å²) in [5.74, 6) is 1.65. The van der Waals surface area contributed by atoms with Crippen molar-refractivity contribution in [2.24, 2.45) is 0 Å². The first-order chi connectivity index (χ1) is 13.2. The summed E-state index contributed by atoms with van der Waals surface area (Å²) >= 11 is 5.94. The fourth-order valence-corrected chi connectivity index (χ4v) is 3.17. The molecule has 3 aromatic carbocycles. The Morgan fingerprint density at radius 2 is 1.48 bits per heavy atom. The molecule has 0 saturated heterocycles. The van der Waals surface area contributed by atoms with Crippen LogP contribution in [0.2, 0.25) is 5.02 Å². The highest BCUT2D eigenvalue weighted by Crippen LogP contribution is 2.24. The van der Waals surface area contributed by atoms with Gasteiger partial charge in [0.1, 0.15) is 11.5 Å². The van der Waals surface area contributed by atoms with Gasteiger partial charge in [0, 0.05) is 18.1 Å². The van der Waals surface area contributed by atoms with Crippen LogP contribution in [0.4, 0.5) is 0 Å². The lowest BCUT2D eigenvalue weighted by molar-refractivity contribution is 0.252. The molecule has 3 rings (SSSR count). The smallest absolute Gasteiger partial charge is 0.127 e. The van der Waals surface area contributed by atoms with Crippen LogP contribution in [0.1, 0.15) is 30.9 Å². The number of hydrogen-bond donors (Lipinski definition) is 0. The molecule has 0 saturated carbocycles. The minimum absolute atomic E-state index is 0.712. The normalized spacial score (nSPS) is 10.9. The van der Waals surface area contributed by atoms with E-state index in [-0.39, 0.29) is 0 Å². The summed E-state index contributed by atoms with van der Waals surface area (Å²) in [6, 6.07) is 26.5. The van der Waals surface area contributed by atoms with E-state index in [1.807, 2.05) is 30.3 Å². The molecule has 0 aliphatic heterocycles. The second kappa shape index (κ2) is 10.1. The average molecular weight is 380 g/mol. The number of benzene rings is 3. The molecule has 0 atom stereocenters. The number of halogens is 1. The van der Waals surface area contributed by atoms with E-state index in [9.17, 15) is 0 Å². The van der Waals surface area contributed by atoms with Crippen molar-refractivity contribution >= 4 is 11.6 Å². The summed E-state index contributed by atoms with van der Waals surface area (Å²) in [7, 11) is 0. The number of nitrogens with zero attached hydrogens (tertiary/aromatic N) is 1. The Bertz CT molecular complexity index is 817. The second-order valence-corrected chi connectivity index (χ2v) is 7.19. The lowest BCUT2D eigenvalue weighted by Gasteiger charge is -2.22. The van der Waals surface area contributed by atoms with Gasteiger partial charge in [0.2, 0.25) is 0 Å².